The average Bonchev–Trinajstić information content (AvgIpc) is 2.27. The zero-order chi connectivity index (χ0) is 12.8. The lowest BCUT2D eigenvalue weighted by atomic mass is 10.1. The van der Waals surface area contributed by atoms with Crippen LogP contribution in [-0.4, -0.2) is 18.2 Å². The van der Waals surface area contributed by atoms with Gasteiger partial charge < -0.3 is 11.1 Å². The second kappa shape index (κ2) is 7.03. The number of amides is 1. The Morgan fingerprint density at radius 1 is 1.59 bits per heavy atom. The van der Waals surface area contributed by atoms with E-state index in [0.29, 0.717) is 12.3 Å². The van der Waals surface area contributed by atoms with Gasteiger partial charge in [-0.3, -0.25) is 4.79 Å². The fraction of sp³-hybridized carbons (Fsp3) is 0.417. The lowest BCUT2D eigenvalue weighted by Crippen LogP contribution is -2.24. The van der Waals surface area contributed by atoms with E-state index in [2.05, 4.69) is 21.2 Å². The van der Waals surface area contributed by atoms with E-state index >= 15 is 0 Å². The van der Waals surface area contributed by atoms with Crippen molar-refractivity contribution in [2.75, 3.05) is 12.3 Å². The van der Waals surface area contributed by atoms with Crippen molar-refractivity contribution in [2.24, 2.45) is 5.73 Å². The van der Waals surface area contributed by atoms with Crippen molar-refractivity contribution in [3.63, 3.8) is 0 Å². The number of hydrogen-bond acceptors (Lipinski definition) is 3. The number of thioether (sulfide) groups is 1. The molecule has 0 spiro atoms. The highest BCUT2D eigenvalue weighted by Crippen LogP contribution is 2.29. The van der Waals surface area contributed by atoms with Crippen LogP contribution in [0, 0.1) is 0 Å². The third-order valence-electron chi connectivity index (χ3n) is 2.20. The average molecular weight is 317 g/mol. The molecule has 0 saturated heterocycles. The second-order valence-electron chi connectivity index (χ2n) is 3.71. The van der Waals surface area contributed by atoms with Crippen LogP contribution in [0.5, 0.6) is 0 Å². The number of benzene rings is 1. The molecule has 1 aromatic rings. The number of halogens is 1. The SMILES string of the molecule is CCNC(=O)CSc1ccc(Br)cc1C(C)N. The summed E-state index contributed by atoms with van der Waals surface area (Å²) in [5.74, 6) is 0.478. The molecule has 0 radical (unpaired) electrons. The summed E-state index contributed by atoms with van der Waals surface area (Å²) in [6.45, 7) is 4.52. The molecular formula is C12H17BrN2OS. The van der Waals surface area contributed by atoms with Crippen molar-refractivity contribution in [1.29, 1.82) is 0 Å². The summed E-state index contributed by atoms with van der Waals surface area (Å²) in [5.41, 5.74) is 6.98. The van der Waals surface area contributed by atoms with Crippen molar-refractivity contribution in [3.8, 4) is 0 Å². The molecule has 0 fully saturated rings. The van der Waals surface area contributed by atoms with E-state index in [1.165, 1.54) is 11.8 Å². The molecule has 0 aliphatic carbocycles. The van der Waals surface area contributed by atoms with Gasteiger partial charge in [0, 0.05) is 22.0 Å². The Morgan fingerprint density at radius 3 is 2.88 bits per heavy atom. The van der Waals surface area contributed by atoms with Gasteiger partial charge in [0.05, 0.1) is 5.75 Å². The standard InChI is InChI=1S/C12H17BrN2OS/c1-3-15-12(16)7-17-11-5-4-9(13)6-10(11)8(2)14/h4-6,8H,3,7,14H2,1-2H3,(H,15,16). The largest absolute Gasteiger partial charge is 0.356 e. The molecule has 17 heavy (non-hydrogen) atoms. The first-order chi connectivity index (χ1) is 8.04. The van der Waals surface area contributed by atoms with Gasteiger partial charge in [-0.1, -0.05) is 15.9 Å². The minimum Gasteiger partial charge on any atom is -0.356 e. The minimum atomic E-state index is -0.0377. The first-order valence-corrected chi connectivity index (χ1v) is 7.27. The van der Waals surface area contributed by atoms with Gasteiger partial charge >= 0.3 is 0 Å². The Labute approximate surface area is 115 Å². The van der Waals surface area contributed by atoms with E-state index < -0.39 is 0 Å². The van der Waals surface area contributed by atoms with Gasteiger partial charge in [-0.15, -0.1) is 11.8 Å². The number of carbonyl (C=O) groups is 1. The molecule has 1 rings (SSSR count). The highest BCUT2D eigenvalue weighted by atomic mass is 79.9. The highest BCUT2D eigenvalue weighted by molar-refractivity contribution is 9.10. The van der Waals surface area contributed by atoms with E-state index in [0.717, 1.165) is 14.9 Å². The lowest BCUT2D eigenvalue weighted by Gasteiger charge is -2.12. The summed E-state index contributed by atoms with van der Waals surface area (Å²) in [4.78, 5) is 12.5. The first kappa shape index (κ1) is 14.5. The van der Waals surface area contributed by atoms with Crippen molar-refractivity contribution >= 4 is 33.6 Å². The molecule has 0 bridgehead atoms. The van der Waals surface area contributed by atoms with Gasteiger partial charge in [0.2, 0.25) is 5.91 Å². The molecule has 0 aromatic heterocycles. The van der Waals surface area contributed by atoms with Crippen LogP contribution in [0.25, 0.3) is 0 Å². The summed E-state index contributed by atoms with van der Waals surface area (Å²) in [7, 11) is 0. The van der Waals surface area contributed by atoms with E-state index in [4.69, 9.17) is 5.73 Å². The Morgan fingerprint density at radius 2 is 2.29 bits per heavy atom. The van der Waals surface area contributed by atoms with Crippen LogP contribution in [0.4, 0.5) is 0 Å². The number of nitrogens with two attached hydrogens (primary N) is 1. The third kappa shape index (κ3) is 4.69. The number of hydrogen-bond donors (Lipinski definition) is 2. The smallest absolute Gasteiger partial charge is 0.230 e. The van der Waals surface area contributed by atoms with Gasteiger partial charge in [-0.2, -0.15) is 0 Å². The molecule has 94 valence electrons. The quantitative estimate of drug-likeness (QED) is 0.821. The Balaban J connectivity index is 2.73. The van der Waals surface area contributed by atoms with Crippen molar-refractivity contribution in [1.82, 2.24) is 5.32 Å². The lowest BCUT2D eigenvalue weighted by molar-refractivity contribution is -0.118. The summed E-state index contributed by atoms with van der Waals surface area (Å²) in [6, 6.07) is 5.92. The minimum absolute atomic E-state index is 0.0377. The molecule has 3 nitrogen and oxygen atoms in total. The Bertz CT molecular complexity index is 396. The van der Waals surface area contributed by atoms with Gasteiger partial charge in [0.15, 0.2) is 0 Å². The number of carbonyl (C=O) groups excluding carboxylic acids is 1. The van der Waals surface area contributed by atoms with Crippen LogP contribution in [0.1, 0.15) is 25.5 Å². The highest BCUT2D eigenvalue weighted by Gasteiger charge is 2.09. The van der Waals surface area contributed by atoms with Crippen molar-refractivity contribution in [3.05, 3.63) is 28.2 Å². The topological polar surface area (TPSA) is 55.1 Å². The Hall–Kier alpha value is -0.520. The number of nitrogens with one attached hydrogen (secondary N) is 1. The molecular weight excluding hydrogens is 300 g/mol. The molecule has 1 amide bonds. The van der Waals surface area contributed by atoms with Crippen LogP contribution in [0.15, 0.2) is 27.6 Å². The fourth-order valence-corrected chi connectivity index (χ4v) is 2.74. The summed E-state index contributed by atoms with van der Waals surface area (Å²) in [6.07, 6.45) is 0. The molecule has 5 heteroatoms. The van der Waals surface area contributed by atoms with Crippen LogP contribution in [-0.2, 0) is 4.79 Å². The van der Waals surface area contributed by atoms with Gasteiger partial charge in [0.1, 0.15) is 0 Å². The molecule has 0 aliphatic heterocycles. The molecule has 0 aliphatic rings. The molecule has 0 heterocycles. The zero-order valence-corrected chi connectivity index (χ0v) is 12.4. The second-order valence-corrected chi connectivity index (χ2v) is 5.65. The predicted molar refractivity (Wildman–Crippen MR) is 76.2 cm³/mol. The van der Waals surface area contributed by atoms with Gasteiger partial charge in [-0.05, 0) is 37.6 Å². The molecule has 1 atom stereocenters. The van der Waals surface area contributed by atoms with Crippen LogP contribution >= 0.6 is 27.7 Å². The Kier molecular flexibility index (Phi) is 6.02. The monoisotopic (exact) mass is 316 g/mol. The fourth-order valence-electron chi connectivity index (χ4n) is 1.40. The maximum Gasteiger partial charge on any atom is 0.230 e. The van der Waals surface area contributed by atoms with E-state index in [9.17, 15) is 4.79 Å². The summed E-state index contributed by atoms with van der Waals surface area (Å²) >= 11 is 4.94. The van der Waals surface area contributed by atoms with Crippen LogP contribution in [0.3, 0.4) is 0 Å². The molecule has 3 N–H and O–H groups in total. The molecule has 1 aromatic carbocycles. The van der Waals surface area contributed by atoms with Crippen LogP contribution in [0.2, 0.25) is 0 Å². The van der Waals surface area contributed by atoms with Gasteiger partial charge in [-0.25, -0.2) is 0 Å². The van der Waals surface area contributed by atoms with Crippen LogP contribution < -0.4 is 11.1 Å². The van der Waals surface area contributed by atoms with E-state index in [1.807, 2.05) is 32.0 Å². The van der Waals surface area contributed by atoms with Gasteiger partial charge in [0.25, 0.3) is 0 Å². The summed E-state index contributed by atoms with van der Waals surface area (Å²) in [5, 5.41) is 2.78. The normalized spacial score (nSPS) is 12.2. The maximum absolute atomic E-state index is 11.4. The van der Waals surface area contributed by atoms with Crippen molar-refractivity contribution < 1.29 is 4.79 Å². The van der Waals surface area contributed by atoms with E-state index in [1.54, 1.807) is 0 Å². The third-order valence-corrected chi connectivity index (χ3v) is 3.78. The molecule has 1 unspecified atom stereocenters. The number of rotatable bonds is 5. The molecule has 0 saturated carbocycles. The predicted octanol–water partition coefficient (Wildman–Crippen LogP) is 2.70. The first-order valence-electron chi connectivity index (χ1n) is 5.49. The van der Waals surface area contributed by atoms with E-state index in [-0.39, 0.29) is 11.9 Å². The van der Waals surface area contributed by atoms with Crippen molar-refractivity contribution in [2.45, 2.75) is 24.8 Å². The maximum atomic E-state index is 11.4. The zero-order valence-electron chi connectivity index (χ0n) is 10.00. The summed E-state index contributed by atoms with van der Waals surface area (Å²) < 4.78 is 1.01.